The molecule has 0 saturated carbocycles. The van der Waals surface area contributed by atoms with Crippen molar-refractivity contribution in [2.24, 2.45) is 0 Å². The van der Waals surface area contributed by atoms with Gasteiger partial charge in [-0.25, -0.2) is 14.3 Å². The number of ether oxygens (including phenoxy) is 2. The molecule has 1 saturated heterocycles. The van der Waals surface area contributed by atoms with Gasteiger partial charge in [-0.3, -0.25) is 0 Å². The van der Waals surface area contributed by atoms with Crippen molar-refractivity contribution in [1.29, 1.82) is 0 Å². The largest absolute Gasteiger partial charge is 0.478 e. The third-order valence-electron chi connectivity index (χ3n) is 6.52. The number of carboxylic acid groups (broad SMARTS) is 1. The molecule has 9 heteroatoms. The van der Waals surface area contributed by atoms with Gasteiger partial charge < -0.3 is 19.5 Å². The fraction of sp³-hybridized carbons (Fsp3) is 0.370. The van der Waals surface area contributed by atoms with Crippen LogP contribution in [0.5, 0.6) is 0 Å². The quantitative estimate of drug-likeness (QED) is 0.296. The predicted octanol–water partition coefficient (Wildman–Crippen LogP) is 5.58. The third-order valence-corrected chi connectivity index (χ3v) is 7.50. The molecule has 2 aromatic carbocycles. The van der Waals surface area contributed by atoms with Gasteiger partial charge in [-0.1, -0.05) is 36.8 Å². The maximum atomic E-state index is 11.1. The monoisotopic (exact) mass is 506 g/mol. The zero-order chi connectivity index (χ0) is 25.1. The van der Waals surface area contributed by atoms with Crippen LogP contribution in [0.15, 0.2) is 54.7 Å². The van der Waals surface area contributed by atoms with E-state index in [1.165, 1.54) is 17.0 Å². The molecular formula is C27H30N4O4S. The number of aromatic nitrogens is 3. The minimum atomic E-state index is -0.939. The summed E-state index contributed by atoms with van der Waals surface area (Å²) >= 11 is 1.53. The summed E-state index contributed by atoms with van der Waals surface area (Å²) in [7, 11) is 1.72. The fourth-order valence-corrected chi connectivity index (χ4v) is 5.38. The zero-order valence-corrected chi connectivity index (χ0v) is 21.3. The molecule has 4 aromatic rings. The van der Waals surface area contributed by atoms with E-state index in [1.54, 1.807) is 35.9 Å². The normalized spacial score (nSPS) is 15.4. The molecule has 0 spiro atoms. The fourth-order valence-electron chi connectivity index (χ4n) is 4.50. The molecule has 1 unspecified atom stereocenters. The van der Waals surface area contributed by atoms with Gasteiger partial charge in [0.15, 0.2) is 6.29 Å². The summed E-state index contributed by atoms with van der Waals surface area (Å²) < 4.78 is 13.4. The average molecular weight is 507 g/mol. The van der Waals surface area contributed by atoms with Crippen molar-refractivity contribution in [3.05, 3.63) is 60.3 Å². The van der Waals surface area contributed by atoms with Crippen molar-refractivity contribution in [2.45, 2.75) is 45.0 Å². The Morgan fingerprint density at radius 2 is 1.81 bits per heavy atom. The van der Waals surface area contributed by atoms with Crippen LogP contribution in [-0.4, -0.2) is 58.3 Å². The highest BCUT2D eigenvalue weighted by molar-refractivity contribution is 7.19. The molecule has 36 heavy (non-hydrogen) atoms. The van der Waals surface area contributed by atoms with Crippen molar-refractivity contribution < 1.29 is 19.4 Å². The van der Waals surface area contributed by atoms with Crippen molar-refractivity contribution in [3.63, 3.8) is 0 Å². The van der Waals surface area contributed by atoms with E-state index in [9.17, 15) is 4.79 Å². The molecule has 8 nitrogen and oxygen atoms in total. The summed E-state index contributed by atoms with van der Waals surface area (Å²) in [6.07, 6.45) is 6.01. The summed E-state index contributed by atoms with van der Waals surface area (Å²) in [4.78, 5) is 19.0. The van der Waals surface area contributed by atoms with Crippen LogP contribution in [0, 0.1) is 0 Å². The van der Waals surface area contributed by atoms with Crippen LogP contribution in [0.2, 0.25) is 0 Å². The molecular weight excluding hydrogens is 476 g/mol. The number of anilines is 1. The van der Waals surface area contributed by atoms with Crippen LogP contribution in [0.1, 0.15) is 43.0 Å². The van der Waals surface area contributed by atoms with E-state index in [1.807, 2.05) is 6.20 Å². The number of piperidine rings is 1. The Kier molecular flexibility index (Phi) is 7.31. The molecule has 1 aliphatic heterocycles. The first-order valence-electron chi connectivity index (χ1n) is 12.3. The van der Waals surface area contributed by atoms with E-state index < -0.39 is 5.97 Å². The number of imidazole rings is 1. The van der Waals surface area contributed by atoms with Crippen LogP contribution >= 0.6 is 11.3 Å². The number of benzene rings is 2. The van der Waals surface area contributed by atoms with Gasteiger partial charge in [0.1, 0.15) is 5.01 Å². The molecule has 188 valence electrons. The van der Waals surface area contributed by atoms with Crippen molar-refractivity contribution in [2.75, 3.05) is 25.1 Å². The predicted molar refractivity (Wildman–Crippen MR) is 141 cm³/mol. The number of fused-ring (bicyclic) bond motifs is 1. The number of nitrogens with zero attached hydrogens (tertiary/aromatic N) is 4. The van der Waals surface area contributed by atoms with Gasteiger partial charge in [-0.05, 0) is 55.7 Å². The van der Waals surface area contributed by atoms with Crippen molar-refractivity contribution in [1.82, 2.24) is 14.6 Å². The SMILES string of the molecule is CCCC(OC)OC1CCN(c2ccc(-c3nn4cc(-c5ccc(C(=O)O)cc5)nc4s3)cc2)CC1. The summed E-state index contributed by atoms with van der Waals surface area (Å²) in [5.41, 5.74) is 4.16. The summed E-state index contributed by atoms with van der Waals surface area (Å²) in [5, 5.41) is 14.7. The number of hydrogen-bond acceptors (Lipinski definition) is 7. The van der Waals surface area contributed by atoms with Crippen molar-refractivity contribution in [3.8, 4) is 21.8 Å². The number of hydrogen-bond donors (Lipinski definition) is 1. The van der Waals surface area contributed by atoms with Gasteiger partial charge in [0.05, 0.1) is 23.6 Å². The lowest BCUT2D eigenvalue weighted by Gasteiger charge is -2.35. The molecule has 0 amide bonds. The molecule has 1 N–H and O–H groups in total. The number of carbonyl (C=O) groups is 1. The first-order chi connectivity index (χ1) is 17.5. The molecule has 1 aliphatic rings. The average Bonchev–Trinajstić information content (AvgIpc) is 3.49. The summed E-state index contributed by atoms with van der Waals surface area (Å²) in [6.45, 7) is 4.08. The Bertz CT molecular complexity index is 1280. The Morgan fingerprint density at radius 1 is 1.11 bits per heavy atom. The van der Waals surface area contributed by atoms with Crippen LogP contribution in [0.3, 0.4) is 0 Å². The number of aromatic carboxylic acids is 1. The maximum Gasteiger partial charge on any atom is 0.335 e. The number of methoxy groups -OCH3 is 1. The molecule has 1 fully saturated rings. The van der Waals surface area contributed by atoms with Gasteiger partial charge in [0, 0.05) is 37.0 Å². The van der Waals surface area contributed by atoms with Gasteiger partial charge in [0.2, 0.25) is 4.96 Å². The van der Waals surface area contributed by atoms with Gasteiger partial charge in [-0.15, -0.1) is 0 Å². The second-order valence-electron chi connectivity index (χ2n) is 8.97. The third kappa shape index (κ3) is 5.28. The standard InChI is InChI=1S/C27H30N4O4S/c1-3-4-24(34-2)35-22-13-15-30(16-14-22)21-11-9-19(10-12-21)25-29-31-17-23(28-27(31)36-25)18-5-7-20(8-6-18)26(32)33/h5-12,17,22,24H,3-4,13-16H2,1-2H3,(H,32,33). The van der Waals surface area contributed by atoms with Gasteiger partial charge >= 0.3 is 5.97 Å². The lowest BCUT2D eigenvalue weighted by Crippen LogP contribution is -2.38. The van der Waals surface area contributed by atoms with Crippen molar-refractivity contribution >= 4 is 28.0 Å². The maximum absolute atomic E-state index is 11.1. The Morgan fingerprint density at radius 3 is 2.42 bits per heavy atom. The van der Waals surface area contributed by atoms with E-state index in [0.717, 1.165) is 65.6 Å². The first kappa shape index (κ1) is 24.4. The first-order valence-corrected chi connectivity index (χ1v) is 13.1. The molecule has 5 rings (SSSR count). The molecule has 2 aromatic heterocycles. The topological polar surface area (TPSA) is 89.2 Å². The van der Waals surface area contributed by atoms with Gasteiger partial charge in [-0.2, -0.15) is 5.10 Å². The lowest BCUT2D eigenvalue weighted by atomic mass is 10.1. The van der Waals surface area contributed by atoms with E-state index in [-0.39, 0.29) is 18.0 Å². The van der Waals surface area contributed by atoms with Crippen LogP contribution in [0.25, 0.3) is 26.8 Å². The van der Waals surface area contributed by atoms with Crippen LogP contribution < -0.4 is 4.90 Å². The Labute approximate surface area is 214 Å². The molecule has 0 radical (unpaired) electrons. The molecule has 1 atom stereocenters. The highest BCUT2D eigenvalue weighted by Crippen LogP contribution is 2.30. The second kappa shape index (κ2) is 10.8. The Hall–Kier alpha value is -3.27. The Balaban J connectivity index is 1.22. The van der Waals surface area contributed by atoms with E-state index in [4.69, 9.17) is 19.7 Å². The minimum absolute atomic E-state index is 0.0984. The van der Waals surface area contributed by atoms with Crippen LogP contribution in [0.4, 0.5) is 5.69 Å². The van der Waals surface area contributed by atoms with E-state index >= 15 is 0 Å². The zero-order valence-electron chi connectivity index (χ0n) is 20.5. The minimum Gasteiger partial charge on any atom is -0.478 e. The molecule has 0 bridgehead atoms. The number of carboxylic acids is 1. The van der Waals surface area contributed by atoms with Gasteiger partial charge in [0.25, 0.3) is 0 Å². The highest BCUT2D eigenvalue weighted by atomic mass is 32.1. The summed E-state index contributed by atoms with van der Waals surface area (Å²) in [5.74, 6) is -0.939. The van der Waals surface area contributed by atoms with E-state index in [0.29, 0.717) is 0 Å². The summed E-state index contributed by atoms with van der Waals surface area (Å²) in [6, 6.07) is 15.3. The highest BCUT2D eigenvalue weighted by Gasteiger charge is 2.23. The number of rotatable bonds is 9. The van der Waals surface area contributed by atoms with E-state index in [2.05, 4.69) is 41.1 Å². The smallest absolute Gasteiger partial charge is 0.335 e. The second-order valence-corrected chi connectivity index (χ2v) is 9.92. The molecule has 3 heterocycles. The lowest BCUT2D eigenvalue weighted by molar-refractivity contribution is -0.162. The molecule has 0 aliphatic carbocycles. The van der Waals surface area contributed by atoms with Crippen LogP contribution in [-0.2, 0) is 9.47 Å².